The lowest BCUT2D eigenvalue weighted by molar-refractivity contribution is -0.140. The molecule has 0 spiro atoms. The second kappa shape index (κ2) is 13.9. The Kier molecular flexibility index (Phi) is 11.3. The number of carbonyl (C=O) groups is 1. The standard InChI is InChI=1S/C24H23F4N.C4H7NO.C2H6/c1-3-18(22-13-12-16(2)15-29-22)20(14-17-8-5-4-6-9-17)19-10-7-11-21(23(19)25)24(26,27)28;5-4(6)3-1-2-3;1-2/h4-13,15,18,20H,3,14H2,1-2H3;3H,1-2H2,(H2,5,6);1-2H3. The smallest absolute Gasteiger partial charge is 0.369 e. The Morgan fingerprint density at radius 2 is 1.65 bits per heavy atom. The zero-order chi connectivity index (χ0) is 27.6. The predicted octanol–water partition coefficient (Wildman–Crippen LogP) is 7.98. The molecule has 0 saturated heterocycles. The van der Waals surface area contributed by atoms with Gasteiger partial charge in [0.15, 0.2) is 0 Å². The van der Waals surface area contributed by atoms with Gasteiger partial charge in [-0.05, 0) is 67.3 Å². The van der Waals surface area contributed by atoms with Crippen LogP contribution in [0.5, 0.6) is 0 Å². The summed E-state index contributed by atoms with van der Waals surface area (Å²) in [5.41, 5.74) is 6.42. The third-order valence-electron chi connectivity index (χ3n) is 6.25. The van der Waals surface area contributed by atoms with Crippen molar-refractivity contribution in [3.63, 3.8) is 0 Å². The normalized spacial score (nSPS) is 14.4. The maximum absolute atomic E-state index is 15.1. The van der Waals surface area contributed by atoms with E-state index in [-0.39, 0.29) is 23.3 Å². The molecule has 0 aliphatic heterocycles. The van der Waals surface area contributed by atoms with E-state index in [1.807, 2.05) is 70.2 Å². The average molecular weight is 517 g/mol. The SMILES string of the molecule is CC.CCC(c1ccc(C)cn1)C(Cc1ccccc1)c1cccc(C(F)(F)F)c1F.NC(=O)C1CC1. The number of amides is 1. The summed E-state index contributed by atoms with van der Waals surface area (Å²) in [4.78, 5) is 14.5. The van der Waals surface area contributed by atoms with Crippen molar-refractivity contribution in [2.24, 2.45) is 11.7 Å². The maximum Gasteiger partial charge on any atom is 0.419 e. The van der Waals surface area contributed by atoms with Crippen LogP contribution in [0.4, 0.5) is 17.6 Å². The van der Waals surface area contributed by atoms with Crippen LogP contribution in [0.25, 0.3) is 0 Å². The topological polar surface area (TPSA) is 56.0 Å². The summed E-state index contributed by atoms with van der Waals surface area (Å²) in [6, 6.07) is 16.8. The number of halogens is 4. The van der Waals surface area contributed by atoms with Crippen LogP contribution in [-0.2, 0) is 17.4 Å². The molecule has 1 amide bonds. The van der Waals surface area contributed by atoms with Crippen LogP contribution in [0, 0.1) is 18.7 Å². The minimum Gasteiger partial charge on any atom is -0.369 e. The molecule has 1 saturated carbocycles. The summed E-state index contributed by atoms with van der Waals surface area (Å²) < 4.78 is 55.0. The van der Waals surface area contributed by atoms with E-state index < -0.39 is 23.5 Å². The summed E-state index contributed by atoms with van der Waals surface area (Å²) in [6.45, 7) is 7.88. The largest absolute Gasteiger partial charge is 0.419 e. The van der Waals surface area contributed by atoms with Gasteiger partial charge >= 0.3 is 6.18 Å². The summed E-state index contributed by atoms with van der Waals surface area (Å²) in [5.74, 6) is -1.76. The Labute approximate surface area is 217 Å². The van der Waals surface area contributed by atoms with Gasteiger partial charge in [-0.1, -0.05) is 69.3 Å². The van der Waals surface area contributed by atoms with Gasteiger partial charge in [-0.3, -0.25) is 9.78 Å². The van der Waals surface area contributed by atoms with Gasteiger partial charge < -0.3 is 5.73 Å². The molecular formula is C30H36F4N2O. The first-order chi connectivity index (χ1) is 17.6. The van der Waals surface area contributed by atoms with Gasteiger partial charge in [0, 0.05) is 23.7 Å². The molecule has 3 aromatic rings. The van der Waals surface area contributed by atoms with Crippen molar-refractivity contribution in [3.8, 4) is 0 Å². The Hall–Kier alpha value is -3.22. The van der Waals surface area contributed by atoms with E-state index in [4.69, 9.17) is 5.73 Å². The Bertz CT molecular complexity index is 1110. The van der Waals surface area contributed by atoms with Gasteiger partial charge in [-0.25, -0.2) is 4.39 Å². The van der Waals surface area contributed by atoms with E-state index in [1.54, 1.807) is 6.20 Å². The molecule has 2 aromatic carbocycles. The molecule has 2 unspecified atom stereocenters. The first-order valence-electron chi connectivity index (χ1n) is 12.7. The molecule has 2 N–H and O–H groups in total. The zero-order valence-corrected chi connectivity index (χ0v) is 21.9. The molecule has 0 radical (unpaired) electrons. The van der Waals surface area contributed by atoms with E-state index in [2.05, 4.69) is 4.98 Å². The fourth-order valence-electron chi connectivity index (χ4n) is 4.16. The first kappa shape index (κ1) is 30.0. The van der Waals surface area contributed by atoms with Crippen LogP contribution >= 0.6 is 0 Å². The molecule has 1 fully saturated rings. The van der Waals surface area contributed by atoms with Gasteiger partial charge in [0.2, 0.25) is 5.91 Å². The molecule has 0 bridgehead atoms. The molecule has 37 heavy (non-hydrogen) atoms. The number of hydrogen-bond acceptors (Lipinski definition) is 2. The zero-order valence-electron chi connectivity index (χ0n) is 21.9. The highest BCUT2D eigenvalue weighted by atomic mass is 19.4. The molecule has 1 heterocycles. The van der Waals surface area contributed by atoms with Crippen LogP contribution in [-0.4, -0.2) is 10.9 Å². The highest BCUT2D eigenvalue weighted by Crippen LogP contribution is 2.41. The van der Waals surface area contributed by atoms with Crippen molar-refractivity contribution in [3.05, 3.63) is 101 Å². The molecule has 3 nitrogen and oxygen atoms in total. The lowest BCUT2D eigenvalue weighted by Gasteiger charge is -2.28. The minimum absolute atomic E-state index is 0.0814. The average Bonchev–Trinajstić information content (AvgIpc) is 3.73. The lowest BCUT2D eigenvalue weighted by atomic mass is 9.77. The summed E-state index contributed by atoms with van der Waals surface area (Å²) in [7, 11) is 0. The molecule has 200 valence electrons. The van der Waals surface area contributed by atoms with Crippen molar-refractivity contribution in [1.82, 2.24) is 4.98 Å². The molecule has 7 heteroatoms. The van der Waals surface area contributed by atoms with Crippen molar-refractivity contribution >= 4 is 5.91 Å². The lowest BCUT2D eigenvalue weighted by Crippen LogP contribution is -2.19. The number of nitrogens with two attached hydrogens (primary N) is 1. The van der Waals surface area contributed by atoms with E-state index in [0.29, 0.717) is 12.8 Å². The van der Waals surface area contributed by atoms with E-state index in [1.165, 1.54) is 12.1 Å². The number of primary amides is 1. The Morgan fingerprint density at radius 3 is 2.11 bits per heavy atom. The van der Waals surface area contributed by atoms with Gasteiger partial charge in [-0.2, -0.15) is 13.2 Å². The van der Waals surface area contributed by atoms with E-state index >= 15 is 4.39 Å². The van der Waals surface area contributed by atoms with Crippen molar-refractivity contribution in [2.45, 2.75) is 71.4 Å². The van der Waals surface area contributed by atoms with Gasteiger partial charge in [-0.15, -0.1) is 0 Å². The number of benzene rings is 2. The third-order valence-corrected chi connectivity index (χ3v) is 6.25. The number of aryl methyl sites for hydroxylation is 1. The summed E-state index contributed by atoms with van der Waals surface area (Å²) >= 11 is 0. The Morgan fingerprint density at radius 1 is 1.00 bits per heavy atom. The fourth-order valence-corrected chi connectivity index (χ4v) is 4.16. The number of hydrogen-bond donors (Lipinski definition) is 1. The number of alkyl halides is 3. The van der Waals surface area contributed by atoms with Crippen molar-refractivity contribution in [2.75, 3.05) is 0 Å². The highest BCUT2D eigenvalue weighted by Gasteiger charge is 2.37. The highest BCUT2D eigenvalue weighted by molar-refractivity contribution is 5.78. The predicted molar refractivity (Wildman–Crippen MR) is 140 cm³/mol. The van der Waals surface area contributed by atoms with Crippen LogP contribution in [0.1, 0.15) is 79.8 Å². The fraction of sp³-hybridized carbons (Fsp3) is 0.400. The first-order valence-corrected chi connectivity index (χ1v) is 12.7. The number of rotatable bonds is 7. The Balaban J connectivity index is 0.000000519. The maximum atomic E-state index is 15.1. The monoisotopic (exact) mass is 516 g/mol. The van der Waals surface area contributed by atoms with Gasteiger partial charge in [0.25, 0.3) is 0 Å². The van der Waals surface area contributed by atoms with Crippen LogP contribution < -0.4 is 5.73 Å². The van der Waals surface area contributed by atoms with E-state index in [9.17, 15) is 18.0 Å². The number of aromatic nitrogens is 1. The van der Waals surface area contributed by atoms with Crippen molar-refractivity contribution in [1.29, 1.82) is 0 Å². The molecule has 1 aliphatic carbocycles. The number of carbonyl (C=O) groups excluding carboxylic acids is 1. The van der Waals surface area contributed by atoms with Crippen LogP contribution in [0.15, 0.2) is 66.9 Å². The molecule has 1 aliphatic rings. The number of nitrogens with zero attached hydrogens (tertiary/aromatic N) is 1. The quantitative estimate of drug-likeness (QED) is 0.324. The summed E-state index contributed by atoms with van der Waals surface area (Å²) in [5, 5.41) is 0. The molecular weight excluding hydrogens is 480 g/mol. The minimum atomic E-state index is -4.73. The van der Waals surface area contributed by atoms with Gasteiger partial charge in [0.05, 0.1) is 5.56 Å². The number of pyridine rings is 1. The second-order valence-electron chi connectivity index (χ2n) is 8.95. The van der Waals surface area contributed by atoms with Crippen molar-refractivity contribution < 1.29 is 22.4 Å². The van der Waals surface area contributed by atoms with Crippen LogP contribution in [0.2, 0.25) is 0 Å². The second-order valence-corrected chi connectivity index (χ2v) is 8.95. The molecule has 1 aromatic heterocycles. The van der Waals surface area contributed by atoms with Crippen LogP contribution in [0.3, 0.4) is 0 Å². The van der Waals surface area contributed by atoms with E-state index in [0.717, 1.165) is 35.7 Å². The van der Waals surface area contributed by atoms with Gasteiger partial charge in [0.1, 0.15) is 5.82 Å². The summed E-state index contributed by atoms with van der Waals surface area (Å²) in [6.07, 6.45) is 0.0995. The molecule has 4 rings (SSSR count). The third kappa shape index (κ3) is 8.69. The molecule has 2 atom stereocenters.